The van der Waals surface area contributed by atoms with Crippen molar-refractivity contribution in [2.45, 2.75) is 38.6 Å². The number of rotatable bonds is 11. The maximum atomic E-state index is 12.9. The fourth-order valence-electron chi connectivity index (χ4n) is 3.78. The Morgan fingerprint density at radius 3 is 2.41 bits per heavy atom. The molecule has 0 spiro atoms. The Bertz CT molecular complexity index is 941. The van der Waals surface area contributed by atoms with Crippen molar-refractivity contribution in [2.75, 3.05) is 26.9 Å². The number of carbonyl (C=O) groups is 2. The first-order valence-corrected chi connectivity index (χ1v) is 11.0. The highest BCUT2D eigenvalue weighted by Crippen LogP contribution is 2.39. The second-order valence-corrected chi connectivity index (χ2v) is 7.70. The van der Waals surface area contributed by atoms with E-state index in [1.54, 1.807) is 12.1 Å². The van der Waals surface area contributed by atoms with Crippen LogP contribution in [0, 0.1) is 0 Å². The number of carbonyl (C=O) groups excluding carboxylic acids is 2. The van der Waals surface area contributed by atoms with Gasteiger partial charge in [0.05, 0.1) is 24.8 Å². The molecule has 1 unspecified atom stereocenters. The third-order valence-electron chi connectivity index (χ3n) is 5.49. The molecule has 1 aromatic heterocycles. The zero-order chi connectivity index (χ0) is 22.9. The summed E-state index contributed by atoms with van der Waals surface area (Å²) in [7, 11) is 1.54. The standard InChI is InChI=1S/C25H30N2O5/c1-3-4-5-6-16-32-20-9-7-18(8-10-20)22-21(23(28)19-11-13-26-14-12-19)24(29)25(30)27(22)15-17-31-2/h7-14,22,28H,3-6,15-17H2,1-2H3/b23-21+. The average molecular weight is 439 g/mol. The molecule has 2 heterocycles. The van der Waals surface area contributed by atoms with E-state index in [0.29, 0.717) is 17.7 Å². The van der Waals surface area contributed by atoms with Crippen molar-refractivity contribution in [1.82, 2.24) is 9.88 Å². The molecule has 0 aliphatic carbocycles. The number of aliphatic hydroxyl groups is 1. The molecule has 32 heavy (non-hydrogen) atoms. The fourth-order valence-corrected chi connectivity index (χ4v) is 3.78. The number of hydrogen-bond acceptors (Lipinski definition) is 6. The molecule has 2 aromatic rings. The van der Waals surface area contributed by atoms with Crippen LogP contribution in [-0.4, -0.2) is 53.5 Å². The number of methoxy groups -OCH3 is 1. The third kappa shape index (κ3) is 5.34. The number of unbranched alkanes of at least 4 members (excludes halogenated alkanes) is 3. The van der Waals surface area contributed by atoms with Crippen molar-refractivity contribution in [3.63, 3.8) is 0 Å². The quantitative estimate of drug-likeness (QED) is 0.246. The SMILES string of the molecule is CCCCCCOc1ccc(C2/C(=C(\O)c3ccncc3)C(=O)C(=O)N2CCOC)cc1. The number of ether oxygens (including phenoxy) is 2. The van der Waals surface area contributed by atoms with E-state index in [4.69, 9.17) is 9.47 Å². The van der Waals surface area contributed by atoms with Crippen LogP contribution in [0.3, 0.4) is 0 Å². The van der Waals surface area contributed by atoms with E-state index >= 15 is 0 Å². The topological polar surface area (TPSA) is 89.0 Å². The summed E-state index contributed by atoms with van der Waals surface area (Å²) >= 11 is 0. The van der Waals surface area contributed by atoms with E-state index in [0.717, 1.165) is 18.6 Å². The number of amides is 1. The van der Waals surface area contributed by atoms with Crippen molar-refractivity contribution < 1.29 is 24.2 Å². The Labute approximate surface area is 188 Å². The molecule has 7 heteroatoms. The lowest BCUT2D eigenvalue weighted by atomic mass is 9.95. The van der Waals surface area contributed by atoms with Crippen molar-refractivity contribution >= 4 is 17.4 Å². The highest BCUT2D eigenvalue weighted by molar-refractivity contribution is 6.46. The molecular weight excluding hydrogens is 408 g/mol. The van der Waals surface area contributed by atoms with Gasteiger partial charge in [-0.25, -0.2) is 0 Å². The lowest BCUT2D eigenvalue weighted by Crippen LogP contribution is -2.32. The number of Topliss-reactive ketones (excluding diaryl/α,β-unsaturated/α-hetero) is 1. The van der Waals surface area contributed by atoms with Gasteiger partial charge in [0.15, 0.2) is 0 Å². The minimum absolute atomic E-state index is 0.0607. The lowest BCUT2D eigenvalue weighted by molar-refractivity contribution is -0.140. The van der Waals surface area contributed by atoms with Crippen LogP contribution in [-0.2, 0) is 14.3 Å². The van der Waals surface area contributed by atoms with Crippen molar-refractivity contribution in [2.24, 2.45) is 0 Å². The first-order chi connectivity index (χ1) is 15.6. The van der Waals surface area contributed by atoms with Gasteiger partial charge in [-0.05, 0) is 36.2 Å². The Morgan fingerprint density at radius 1 is 1.03 bits per heavy atom. The Kier molecular flexibility index (Phi) is 8.39. The van der Waals surface area contributed by atoms with Gasteiger partial charge in [-0.15, -0.1) is 0 Å². The molecule has 1 aliphatic rings. The predicted octanol–water partition coefficient (Wildman–Crippen LogP) is 4.11. The van der Waals surface area contributed by atoms with Crippen LogP contribution in [0.4, 0.5) is 0 Å². The molecule has 1 aromatic carbocycles. The number of ketones is 1. The van der Waals surface area contributed by atoms with Gasteiger partial charge in [-0.2, -0.15) is 0 Å². The van der Waals surface area contributed by atoms with Gasteiger partial charge in [0, 0.05) is 31.6 Å². The summed E-state index contributed by atoms with van der Waals surface area (Å²) in [6.45, 7) is 3.32. The van der Waals surface area contributed by atoms with Gasteiger partial charge in [0.25, 0.3) is 11.7 Å². The molecule has 0 radical (unpaired) electrons. The molecule has 1 atom stereocenters. The molecule has 7 nitrogen and oxygen atoms in total. The molecule has 1 amide bonds. The van der Waals surface area contributed by atoms with Crippen LogP contribution in [0.25, 0.3) is 5.76 Å². The minimum Gasteiger partial charge on any atom is -0.507 e. The number of aromatic nitrogens is 1. The Balaban J connectivity index is 1.90. The maximum Gasteiger partial charge on any atom is 0.295 e. The van der Waals surface area contributed by atoms with Crippen LogP contribution in [0.2, 0.25) is 0 Å². The van der Waals surface area contributed by atoms with E-state index in [9.17, 15) is 14.7 Å². The highest BCUT2D eigenvalue weighted by atomic mass is 16.5. The van der Waals surface area contributed by atoms with Crippen molar-refractivity contribution in [3.05, 3.63) is 65.5 Å². The molecule has 1 saturated heterocycles. The van der Waals surface area contributed by atoms with Gasteiger partial charge in [-0.3, -0.25) is 14.6 Å². The van der Waals surface area contributed by atoms with Crippen molar-refractivity contribution in [1.29, 1.82) is 0 Å². The zero-order valence-corrected chi connectivity index (χ0v) is 18.6. The van der Waals surface area contributed by atoms with E-state index in [2.05, 4.69) is 11.9 Å². The molecule has 1 aliphatic heterocycles. The van der Waals surface area contributed by atoms with Gasteiger partial charge >= 0.3 is 0 Å². The number of aliphatic hydroxyl groups excluding tert-OH is 1. The van der Waals surface area contributed by atoms with Gasteiger partial charge in [0.1, 0.15) is 11.5 Å². The summed E-state index contributed by atoms with van der Waals surface area (Å²) in [6.07, 6.45) is 7.56. The summed E-state index contributed by atoms with van der Waals surface area (Å²) in [5, 5.41) is 10.9. The molecule has 1 N–H and O–H groups in total. The van der Waals surface area contributed by atoms with Gasteiger partial charge in [-0.1, -0.05) is 38.3 Å². The first-order valence-electron chi connectivity index (χ1n) is 11.0. The number of nitrogens with zero attached hydrogens (tertiary/aromatic N) is 2. The molecule has 3 rings (SSSR count). The smallest absolute Gasteiger partial charge is 0.295 e. The summed E-state index contributed by atoms with van der Waals surface area (Å²) < 4.78 is 10.9. The minimum atomic E-state index is -0.711. The second kappa shape index (κ2) is 11.4. The average Bonchev–Trinajstić information content (AvgIpc) is 3.08. The molecule has 0 bridgehead atoms. The third-order valence-corrected chi connectivity index (χ3v) is 5.49. The Morgan fingerprint density at radius 2 is 1.75 bits per heavy atom. The van der Waals surface area contributed by atoms with Gasteiger partial charge in [0.2, 0.25) is 0 Å². The summed E-state index contributed by atoms with van der Waals surface area (Å²) in [6, 6.07) is 9.82. The maximum absolute atomic E-state index is 12.9. The first kappa shape index (κ1) is 23.5. The van der Waals surface area contributed by atoms with E-state index in [1.165, 1.54) is 37.2 Å². The number of hydrogen-bond donors (Lipinski definition) is 1. The predicted molar refractivity (Wildman–Crippen MR) is 121 cm³/mol. The fraction of sp³-hybridized carbons (Fsp3) is 0.400. The summed E-state index contributed by atoms with van der Waals surface area (Å²) in [5.74, 6) is -0.851. The van der Waals surface area contributed by atoms with Crippen LogP contribution in [0.1, 0.15) is 49.8 Å². The van der Waals surface area contributed by atoms with E-state index in [-0.39, 0.29) is 24.5 Å². The normalized spacial score (nSPS) is 17.7. The van der Waals surface area contributed by atoms with E-state index < -0.39 is 17.7 Å². The molecule has 0 saturated carbocycles. The molecule has 1 fully saturated rings. The van der Waals surface area contributed by atoms with Crippen LogP contribution in [0.15, 0.2) is 54.4 Å². The number of likely N-dealkylation sites (tertiary alicyclic amines) is 1. The molecular formula is C25H30N2O5. The summed E-state index contributed by atoms with van der Waals surface area (Å²) in [5.41, 5.74) is 1.21. The van der Waals surface area contributed by atoms with Crippen LogP contribution in [0.5, 0.6) is 5.75 Å². The highest BCUT2D eigenvalue weighted by Gasteiger charge is 2.45. The molecule has 170 valence electrons. The number of benzene rings is 1. The van der Waals surface area contributed by atoms with Crippen molar-refractivity contribution in [3.8, 4) is 5.75 Å². The lowest BCUT2D eigenvalue weighted by Gasteiger charge is -2.25. The summed E-state index contributed by atoms with van der Waals surface area (Å²) in [4.78, 5) is 31.0. The van der Waals surface area contributed by atoms with Gasteiger partial charge < -0.3 is 19.5 Å². The number of pyridine rings is 1. The Hall–Kier alpha value is -3.19. The second-order valence-electron chi connectivity index (χ2n) is 7.70. The van der Waals surface area contributed by atoms with E-state index in [1.807, 2.05) is 24.3 Å². The van der Waals surface area contributed by atoms with Crippen LogP contribution >= 0.6 is 0 Å². The van der Waals surface area contributed by atoms with Crippen LogP contribution < -0.4 is 4.74 Å². The zero-order valence-electron chi connectivity index (χ0n) is 18.6. The largest absolute Gasteiger partial charge is 0.507 e. The monoisotopic (exact) mass is 438 g/mol.